The molecule has 0 fully saturated rings. The molecule has 0 spiro atoms. The van der Waals surface area contributed by atoms with Crippen LogP contribution in [0.5, 0.6) is 23.0 Å². The van der Waals surface area contributed by atoms with Crippen LogP contribution in [0, 0.1) is 0 Å². The average Bonchev–Trinajstić information content (AvgIpc) is 2.87. The summed E-state index contributed by atoms with van der Waals surface area (Å²) in [6.45, 7) is 6.90. The molecule has 0 radical (unpaired) electrons. The van der Waals surface area contributed by atoms with Crippen LogP contribution in [-0.4, -0.2) is 42.1 Å². The highest BCUT2D eigenvalue weighted by molar-refractivity contribution is 5.98. The van der Waals surface area contributed by atoms with Gasteiger partial charge >= 0.3 is 5.97 Å². The predicted octanol–water partition coefficient (Wildman–Crippen LogP) is 5.59. The molecule has 2 aromatic rings. The summed E-state index contributed by atoms with van der Waals surface area (Å²) in [5.74, 6) is 0.245. The highest BCUT2D eigenvalue weighted by Crippen LogP contribution is 2.37. The van der Waals surface area contributed by atoms with Crippen molar-refractivity contribution in [2.24, 2.45) is 0 Å². The minimum absolute atomic E-state index is 0.0819. The lowest BCUT2D eigenvalue weighted by molar-refractivity contribution is -0.149. The van der Waals surface area contributed by atoms with E-state index in [1.54, 1.807) is 24.3 Å². The van der Waals surface area contributed by atoms with Crippen LogP contribution in [0.2, 0.25) is 0 Å². The van der Waals surface area contributed by atoms with E-state index in [-0.39, 0.29) is 22.9 Å². The molecular weight excluding hydrogens is 476 g/mol. The molecule has 1 N–H and O–H groups in total. The van der Waals surface area contributed by atoms with Gasteiger partial charge in [0.2, 0.25) is 6.29 Å². The monoisotopic (exact) mass is 512 g/mol. The topological polar surface area (TPSA) is 108 Å². The molecule has 1 aliphatic heterocycles. The maximum absolute atomic E-state index is 12.5. The van der Waals surface area contributed by atoms with Crippen molar-refractivity contribution >= 4 is 17.5 Å². The average molecular weight is 513 g/mol. The second-order valence-electron chi connectivity index (χ2n) is 9.23. The van der Waals surface area contributed by atoms with Crippen molar-refractivity contribution in [1.29, 1.82) is 0 Å². The van der Waals surface area contributed by atoms with Gasteiger partial charge in [-0.2, -0.15) is 0 Å². The van der Waals surface area contributed by atoms with Crippen molar-refractivity contribution in [2.45, 2.75) is 85.0 Å². The Balaban J connectivity index is 1.97. The van der Waals surface area contributed by atoms with Crippen LogP contribution in [0.4, 0.5) is 0 Å². The molecule has 1 heterocycles. The Morgan fingerprint density at radius 2 is 1.73 bits per heavy atom. The fourth-order valence-electron chi connectivity index (χ4n) is 4.38. The highest BCUT2D eigenvalue weighted by Gasteiger charge is 2.29. The zero-order chi connectivity index (χ0) is 27.1. The number of Topliss-reactive ketones (excluding diaryl/α,β-unsaturated/α-hetero) is 2. The second-order valence-corrected chi connectivity index (χ2v) is 9.23. The Hall–Kier alpha value is -3.55. The number of hydrogen-bond donors (Lipinski definition) is 1. The van der Waals surface area contributed by atoms with E-state index in [1.807, 2.05) is 13.8 Å². The number of ketones is 2. The number of hydrogen-bond acceptors (Lipinski definition) is 8. The normalized spacial score (nSPS) is 15.2. The van der Waals surface area contributed by atoms with Crippen molar-refractivity contribution < 1.29 is 38.4 Å². The third-order valence-corrected chi connectivity index (χ3v) is 6.38. The van der Waals surface area contributed by atoms with E-state index in [4.69, 9.17) is 18.9 Å². The first-order chi connectivity index (χ1) is 17.7. The van der Waals surface area contributed by atoms with Gasteiger partial charge in [-0.3, -0.25) is 9.59 Å². The molecular formula is C29H36O8. The smallest absolute Gasteiger partial charge is 0.347 e. The predicted molar refractivity (Wildman–Crippen MR) is 138 cm³/mol. The number of ether oxygens (including phenoxy) is 4. The van der Waals surface area contributed by atoms with Crippen molar-refractivity contribution in [3.8, 4) is 23.0 Å². The lowest BCUT2D eigenvalue weighted by Crippen LogP contribution is -2.32. The minimum atomic E-state index is -0.769. The molecule has 2 aromatic carbocycles. The van der Waals surface area contributed by atoms with E-state index >= 15 is 0 Å². The molecule has 0 saturated heterocycles. The fraction of sp³-hybridized carbons (Fsp3) is 0.483. The Bertz CT molecular complexity index is 1150. The molecule has 0 aromatic heterocycles. The van der Waals surface area contributed by atoms with Crippen LogP contribution in [0.1, 0.15) is 91.6 Å². The van der Waals surface area contributed by atoms with Crippen LogP contribution in [0.15, 0.2) is 24.3 Å². The maximum Gasteiger partial charge on any atom is 0.347 e. The molecule has 1 aliphatic rings. The second kappa shape index (κ2) is 12.6. The highest BCUT2D eigenvalue weighted by atomic mass is 16.7. The van der Waals surface area contributed by atoms with E-state index in [0.717, 1.165) is 24.8 Å². The van der Waals surface area contributed by atoms with Crippen LogP contribution in [0.3, 0.4) is 0 Å². The maximum atomic E-state index is 12.5. The third kappa shape index (κ3) is 6.61. The molecule has 0 saturated carbocycles. The summed E-state index contributed by atoms with van der Waals surface area (Å²) in [6, 6.07) is 6.59. The first kappa shape index (κ1) is 28.0. The van der Waals surface area contributed by atoms with E-state index in [2.05, 4.69) is 0 Å². The van der Waals surface area contributed by atoms with E-state index < -0.39 is 18.4 Å². The number of benzene rings is 2. The van der Waals surface area contributed by atoms with Gasteiger partial charge in [0.25, 0.3) is 0 Å². The summed E-state index contributed by atoms with van der Waals surface area (Å²) in [7, 11) is 1.32. The third-order valence-electron chi connectivity index (χ3n) is 6.38. The minimum Gasteiger partial charge on any atom is -0.507 e. The molecule has 37 heavy (non-hydrogen) atoms. The van der Waals surface area contributed by atoms with Gasteiger partial charge in [0.05, 0.1) is 18.2 Å². The van der Waals surface area contributed by atoms with Crippen molar-refractivity contribution in [3.63, 3.8) is 0 Å². The zero-order valence-corrected chi connectivity index (χ0v) is 22.2. The van der Waals surface area contributed by atoms with Gasteiger partial charge < -0.3 is 24.1 Å². The number of esters is 1. The number of phenols is 1. The summed E-state index contributed by atoms with van der Waals surface area (Å²) < 4.78 is 23.2. The fourth-order valence-corrected chi connectivity index (χ4v) is 4.38. The van der Waals surface area contributed by atoms with E-state index in [1.165, 1.54) is 21.0 Å². The zero-order valence-electron chi connectivity index (χ0n) is 22.2. The number of methoxy groups -OCH3 is 1. The molecule has 200 valence electrons. The summed E-state index contributed by atoms with van der Waals surface area (Å²) in [5.41, 5.74) is 2.00. The Kier molecular flexibility index (Phi) is 9.55. The van der Waals surface area contributed by atoms with Crippen molar-refractivity contribution in [2.75, 3.05) is 7.11 Å². The van der Waals surface area contributed by atoms with Crippen molar-refractivity contribution in [1.82, 2.24) is 0 Å². The van der Waals surface area contributed by atoms with Gasteiger partial charge in [0.15, 0.2) is 17.7 Å². The van der Waals surface area contributed by atoms with Crippen LogP contribution < -0.4 is 14.2 Å². The number of phenolic OH excluding ortho intramolecular Hbond substituents is 1. The molecule has 2 atom stereocenters. The summed E-state index contributed by atoms with van der Waals surface area (Å²) >= 11 is 0. The number of aromatic hydroxyl groups is 1. The number of rotatable bonds is 12. The molecule has 0 aliphatic carbocycles. The largest absolute Gasteiger partial charge is 0.507 e. The van der Waals surface area contributed by atoms with Gasteiger partial charge in [0, 0.05) is 18.1 Å². The lowest BCUT2D eigenvalue weighted by Gasteiger charge is -2.27. The first-order valence-electron chi connectivity index (χ1n) is 12.8. The van der Waals surface area contributed by atoms with E-state index in [9.17, 15) is 19.5 Å². The molecule has 2 unspecified atom stereocenters. The number of unbranched alkanes of at least 4 members (excludes halogenated alkanes) is 1. The SMILES string of the molecule is CCCCC(Oc1cc2c(cc1C(C)=O)CCC(C(=O)OC)O2)Oc1ccc(C(C)=O)c(O)c1CCC. The summed E-state index contributed by atoms with van der Waals surface area (Å²) in [4.78, 5) is 36.5. The molecule has 8 heteroatoms. The Morgan fingerprint density at radius 3 is 2.35 bits per heavy atom. The molecule has 0 amide bonds. The molecule has 8 nitrogen and oxygen atoms in total. The van der Waals surface area contributed by atoms with Gasteiger partial charge in [-0.1, -0.05) is 26.7 Å². The number of fused-ring (bicyclic) bond motifs is 1. The quantitative estimate of drug-likeness (QED) is 0.223. The van der Waals surface area contributed by atoms with Gasteiger partial charge in [-0.15, -0.1) is 0 Å². The molecule has 0 bridgehead atoms. The summed E-state index contributed by atoms with van der Waals surface area (Å²) in [6.07, 6.45) is 3.01. The molecule has 3 rings (SSSR count). The standard InChI is InChI=1S/C29H36O8/c1-6-8-10-27(36-23-14-12-20(17(3)30)28(32)21(23)9-7-2)37-26-16-25-19(15-22(26)18(4)31)11-13-24(35-25)29(33)34-5/h12,14-16,24,27,32H,6-11,13H2,1-5H3. The summed E-state index contributed by atoms with van der Waals surface area (Å²) in [5, 5.41) is 10.7. The van der Waals surface area contributed by atoms with Crippen LogP contribution >= 0.6 is 0 Å². The Labute approximate surface area is 217 Å². The first-order valence-corrected chi connectivity index (χ1v) is 12.8. The number of carbonyl (C=O) groups is 3. The van der Waals surface area contributed by atoms with Crippen LogP contribution in [-0.2, 0) is 22.4 Å². The van der Waals surface area contributed by atoms with Gasteiger partial charge in [-0.05, 0) is 63.3 Å². The van der Waals surface area contributed by atoms with E-state index in [0.29, 0.717) is 54.1 Å². The van der Waals surface area contributed by atoms with Crippen molar-refractivity contribution in [3.05, 3.63) is 46.5 Å². The van der Waals surface area contributed by atoms with Crippen LogP contribution in [0.25, 0.3) is 0 Å². The number of carbonyl (C=O) groups excluding carboxylic acids is 3. The lowest BCUT2D eigenvalue weighted by atomic mass is 9.98. The Morgan fingerprint density at radius 1 is 1.03 bits per heavy atom. The van der Waals surface area contributed by atoms with Gasteiger partial charge in [0.1, 0.15) is 23.0 Å². The number of aryl methyl sites for hydroxylation is 1. The van der Waals surface area contributed by atoms with Gasteiger partial charge in [-0.25, -0.2) is 4.79 Å².